The van der Waals surface area contributed by atoms with Crippen molar-refractivity contribution in [3.05, 3.63) is 68.8 Å². The molecule has 12 nitrogen and oxygen atoms in total. The summed E-state index contributed by atoms with van der Waals surface area (Å²) >= 11 is 7.27. The average molecular weight is 654 g/mol. The Balaban J connectivity index is 1.38. The maximum Gasteiger partial charge on any atom is 0.410 e. The van der Waals surface area contributed by atoms with E-state index in [0.29, 0.717) is 18.0 Å². The van der Waals surface area contributed by atoms with Crippen molar-refractivity contribution in [3.63, 3.8) is 0 Å². The molecule has 1 aliphatic heterocycles. The van der Waals surface area contributed by atoms with Gasteiger partial charge in [0, 0.05) is 39.8 Å². The SMILES string of the molecule is COC(=O)C(C)Oc1ccc(NC(=O)c2cc3cc(Cl)ccc3[nH]2)c(NC(=O)c2nc3c(s2)CN(C(=O)OC(C)(C)C)CC3)c1. The lowest BCUT2D eigenvalue weighted by Gasteiger charge is -2.29. The van der Waals surface area contributed by atoms with Crippen molar-refractivity contribution < 1.29 is 33.4 Å². The molecule has 45 heavy (non-hydrogen) atoms. The van der Waals surface area contributed by atoms with Crippen LogP contribution in [-0.4, -0.2) is 64.1 Å². The summed E-state index contributed by atoms with van der Waals surface area (Å²) < 4.78 is 15.9. The fourth-order valence-electron chi connectivity index (χ4n) is 4.59. The Morgan fingerprint density at radius 1 is 1.04 bits per heavy atom. The van der Waals surface area contributed by atoms with Crippen LogP contribution in [0.2, 0.25) is 5.02 Å². The van der Waals surface area contributed by atoms with Crippen LogP contribution in [0.1, 0.15) is 58.6 Å². The molecule has 3 heterocycles. The summed E-state index contributed by atoms with van der Waals surface area (Å²) in [5.74, 6) is -1.30. The van der Waals surface area contributed by atoms with E-state index in [2.05, 4.69) is 20.6 Å². The highest BCUT2D eigenvalue weighted by molar-refractivity contribution is 7.13. The van der Waals surface area contributed by atoms with E-state index in [1.54, 1.807) is 62.1 Å². The zero-order valence-corrected chi connectivity index (χ0v) is 26.9. The van der Waals surface area contributed by atoms with Crippen molar-refractivity contribution in [2.75, 3.05) is 24.3 Å². The van der Waals surface area contributed by atoms with E-state index < -0.39 is 35.6 Å². The van der Waals surface area contributed by atoms with E-state index in [-0.39, 0.29) is 34.4 Å². The molecular formula is C31H32ClN5O7S. The molecule has 0 saturated carbocycles. The van der Waals surface area contributed by atoms with Crippen molar-refractivity contribution in [2.45, 2.75) is 52.4 Å². The zero-order chi connectivity index (χ0) is 32.5. The highest BCUT2D eigenvalue weighted by Crippen LogP contribution is 2.31. The molecule has 3 N–H and O–H groups in total. The molecule has 2 aromatic heterocycles. The summed E-state index contributed by atoms with van der Waals surface area (Å²) in [6.45, 7) is 7.64. The molecular weight excluding hydrogens is 622 g/mol. The number of methoxy groups -OCH3 is 1. The summed E-state index contributed by atoms with van der Waals surface area (Å²) in [6, 6.07) is 11.5. The Hall–Kier alpha value is -4.62. The highest BCUT2D eigenvalue weighted by atomic mass is 35.5. The molecule has 4 aromatic rings. The normalized spacial score (nSPS) is 13.5. The largest absolute Gasteiger partial charge is 0.479 e. The number of hydrogen-bond acceptors (Lipinski definition) is 9. The van der Waals surface area contributed by atoms with Crippen molar-refractivity contribution in [1.29, 1.82) is 0 Å². The van der Waals surface area contributed by atoms with Gasteiger partial charge in [0.05, 0.1) is 30.7 Å². The van der Waals surface area contributed by atoms with Crippen molar-refractivity contribution >= 4 is 69.1 Å². The first-order chi connectivity index (χ1) is 21.3. The van der Waals surface area contributed by atoms with E-state index in [4.69, 9.17) is 25.8 Å². The van der Waals surface area contributed by atoms with Crippen LogP contribution in [0.5, 0.6) is 5.75 Å². The van der Waals surface area contributed by atoms with Gasteiger partial charge in [0.25, 0.3) is 11.8 Å². The monoisotopic (exact) mass is 653 g/mol. The molecule has 14 heteroatoms. The minimum absolute atomic E-state index is 0.185. The Morgan fingerprint density at radius 3 is 2.53 bits per heavy atom. The highest BCUT2D eigenvalue weighted by Gasteiger charge is 2.29. The number of amides is 3. The number of benzene rings is 2. The molecule has 3 amide bonds. The first-order valence-electron chi connectivity index (χ1n) is 14.1. The molecule has 236 valence electrons. The zero-order valence-electron chi connectivity index (χ0n) is 25.3. The van der Waals surface area contributed by atoms with E-state index in [9.17, 15) is 19.2 Å². The van der Waals surface area contributed by atoms with Crippen LogP contribution in [0.4, 0.5) is 16.2 Å². The van der Waals surface area contributed by atoms with Gasteiger partial charge in [-0.2, -0.15) is 0 Å². The fourth-order valence-corrected chi connectivity index (χ4v) is 5.79. The average Bonchev–Trinajstić information content (AvgIpc) is 3.61. The number of fused-ring (bicyclic) bond motifs is 2. The number of ether oxygens (including phenoxy) is 3. The lowest BCUT2D eigenvalue weighted by Crippen LogP contribution is -2.39. The second-order valence-corrected chi connectivity index (χ2v) is 12.9. The third-order valence-corrected chi connectivity index (χ3v) is 8.05. The van der Waals surface area contributed by atoms with Gasteiger partial charge < -0.3 is 34.7 Å². The van der Waals surface area contributed by atoms with Gasteiger partial charge in [-0.05, 0) is 64.1 Å². The number of carbonyl (C=O) groups excluding carboxylic acids is 4. The Labute approximate surface area is 268 Å². The number of thiazole rings is 1. The van der Waals surface area contributed by atoms with Crippen molar-refractivity contribution in [2.24, 2.45) is 0 Å². The van der Waals surface area contributed by atoms with Gasteiger partial charge in [-0.15, -0.1) is 11.3 Å². The molecule has 1 unspecified atom stereocenters. The van der Waals surface area contributed by atoms with Gasteiger partial charge in [-0.3, -0.25) is 9.59 Å². The number of nitrogens with one attached hydrogen (secondary N) is 3. The van der Waals surface area contributed by atoms with Gasteiger partial charge in [-0.25, -0.2) is 14.6 Å². The van der Waals surface area contributed by atoms with Crippen molar-refractivity contribution in [3.8, 4) is 5.75 Å². The smallest absolute Gasteiger partial charge is 0.410 e. The summed E-state index contributed by atoms with van der Waals surface area (Å²) in [4.78, 5) is 61.2. The maximum atomic E-state index is 13.5. The first-order valence-corrected chi connectivity index (χ1v) is 15.2. The molecule has 0 saturated heterocycles. The van der Waals surface area contributed by atoms with E-state index in [1.165, 1.54) is 31.4 Å². The number of halogens is 1. The summed E-state index contributed by atoms with van der Waals surface area (Å²) in [5.41, 5.74) is 1.62. The number of nitrogens with zero attached hydrogens (tertiary/aromatic N) is 2. The first kappa shape index (κ1) is 31.8. The molecule has 0 spiro atoms. The van der Waals surface area contributed by atoms with Gasteiger partial charge >= 0.3 is 12.1 Å². The van der Waals surface area contributed by atoms with E-state index in [1.807, 2.05) is 0 Å². The van der Waals surface area contributed by atoms with Gasteiger partial charge in [0.1, 0.15) is 17.0 Å². The molecule has 2 aromatic carbocycles. The Kier molecular flexibility index (Phi) is 9.03. The number of carbonyl (C=O) groups is 4. The summed E-state index contributed by atoms with van der Waals surface area (Å²) in [6.07, 6.45) is -0.871. The quantitative estimate of drug-likeness (QED) is 0.205. The van der Waals surface area contributed by atoms with Crippen molar-refractivity contribution in [1.82, 2.24) is 14.9 Å². The van der Waals surface area contributed by atoms with Gasteiger partial charge in [0.2, 0.25) is 0 Å². The van der Waals surface area contributed by atoms with Crippen LogP contribution in [-0.2, 0) is 27.2 Å². The molecule has 0 radical (unpaired) electrons. The number of rotatable bonds is 7. The number of esters is 1. The van der Waals surface area contributed by atoms with Crippen LogP contribution < -0.4 is 15.4 Å². The summed E-state index contributed by atoms with van der Waals surface area (Å²) in [7, 11) is 1.25. The number of H-pyrrole nitrogens is 1. The topological polar surface area (TPSA) is 152 Å². The molecule has 0 fully saturated rings. The minimum atomic E-state index is -0.921. The lowest BCUT2D eigenvalue weighted by atomic mass is 10.2. The van der Waals surface area contributed by atoms with Crippen LogP contribution in [0.15, 0.2) is 42.5 Å². The second-order valence-electron chi connectivity index (χ2n) is 11.4. The predicted octanol–water partition coefficient (Wildman–Crippen LogP) is 6.02. The maximum absolute atomic E-state index is 13.5. The molecule has 1 aliphatic rings. The third kappa shape index (κ3) is 7.55. The predicted molar refractivity (Wildman–Crippen MR) is 170 cm³/mol. The van der Waals surface area contributed by atoms with E-state index in [0.717, 1.165) is 21.5 Å². The van der Waals surface area contributed by atoms with Gasteiger partial charge in [-0.1, -0.05) is 11.6 Å². The Bertz CT molecular complexity index is 1790. The second kappa shape index (κ2) is 12.8. The number of anilines is 2. The van der Waals surface area contributed by atoms with Crippen LogP contribution in [0, 0.1) is 0 Å². The summed E-state index contributed by atoms with van der Waals surface area (Å²) in [5, 5.41) is 7.12. The molecule has 0 aliphatic carbocycles. The number of aromatic amines is 1. The van der Waals surface area contributed by atoms with E-state index >= 15 is 0 Å². The number of hydrogen-bond donors (Lipinski definition) is 3. The molecule has 1 atom stereocenters. The lowest BCUT2D eigenvalue weighted by molar-refractivity contribution is -0.147. The third-order valence-electron chi connectivity index (χ3n) is 6.74. The standard InChI is InChI=1S/C31H32ClN5O7S/c1-16(29(40)42-5)43-19-7-9-21(34-26(38)24-13-17-12-18(32)6-8-20(17)33-24)23(14-19)35-27(39)28-36-22-10-11-37(15-25(22)45-28)30(41)44-31(2,3)4/h6-9,12-14,16,33H,10-11,15H2,1-5H3,(H,34,38)(H,35,39). The molecule has 0 bridgehead atoms. The van der Waals surface area contributed by atoms with Crippen LogP contribution in [0.3, 0.4) is 0 Å². The van der Waals surface area contributed by atoms with Crippen LogP contribution >= 0.6 is 22.9 Å². The number of aromatic nitrogens is 2. The van der Waals surface area contributed by atoms with Gasteiger partial charge in [0.15, 0.2) is 11.1 Å². The molecule has 5 rings (SSSR count). The Morgan fingerprint density at radius 2 is 1.80 bits per heavy atom. The minimum Gasteiger partial charge on any atom is -0.479 e. The van der Waals surface area contributed by atoms with Crippen LogP contribution in [0.25, 0.3) is 10.9 Å². The fraction of sp³-hybridized carbons (Fsp3) is 0.323.